The Kier molecular flexibility index (Phi) is 7.19. The van der Waals surface area contributed by atoms with Gasteiger partial charge in [0.05, 0.1) is 11.4 Å². The van der Waals surface area contributed by atoms with E-state index in [0.29, 0.717) is 5.75 Å². The van der Waals surface area contributed by atoms with Gasteiger partial charge in [-0.1, -0.05) is 146 Å². The lowest BCUT2D eigenvalue weighted by Crippen LogP contribution is -2.30. The van der Waals surface area contributed by atoms with Crippen LogP contribution in [-0.2, 0) is 0 Å². The molecule has 3 heteroatoms. The summed E-state index contributed by atoms with van der Waals surface area (Å²) in [5.74, 6) is 0.498. The van der Waals surface area contributed by atoms with Gasteiger partial charge in [0.15, 0.2) is 0 Å². The van der Waals surface area contributed by atoms with Crippen LogP contribution in [0.4, 0.5) is 16.2 Å². The molecule has 0 unspecified atom stereocenters. The minimum atomic E-state index is -0.491. The molecule has 0 bridgehead atoms. The lowest BCUT2D eigenvalue weighted by molar-refractivity contribution is 0.210. The van der Waals surface area contributed by atoms with Gasteiger partial charge < -0.3 is 4.74 Å². The average Bonchev–Trinajstić information content (AvgIpc) is 3.03. The zero-order valence-corrected chi connectivity index (χ0v) is 21.9. The number of para-hydroxylation sites is 3. The molecule has 0 fully saturated rings. The molecule has 192 valence electrons. The topological polar surface area (TPSA) is 29.5 Å². The maximum atomic E-state index is 14.4. The number of anilines is 2. The molecule has 0 aliphatic carbocycles. The van der Waals surface area contributed by atoms with E-state index >= 15 is 0 Å². The molecule has 6 aromatic rings. The van der Waals surface area contributed by atoms with Crippen LogP contribution in [-0.4, -0.2) is 6.09 Å². The van der Waals surface area contributed by atoms with Crippen molar-refractivity contribution in [1.82, 2.24) is 0 Å². The fourth-order valence-electron chi connectivity index (χ4n) is 4.94. The Morgan fingerprint density at radius 3 is 1.23 bits per heavy atom. The first kappa shape index (κ1) is 24.9. The van der Waals surface area contributed by atoms with Crippen LogP contribution in [0.5, 0.6) is 5.75 Å². The van der Waals surface area contributed by atoms with E-state index in [1.807, 2.05) is 140 Å². The fourth-order valence-corrected chi connectivity index (χ4v) is 4.94. The van der Waals surface area contributed by atoms with Crippen LogP contribution in [0.1, 0.15) is 0 Å². The van der Waals surface area contributed by atoms with Gasteiger partial charge in [0.2, 0.25) is 0 Å². The Bertz CT molecular complexity index is 1650. The highest BCUT2D eigenvalue weighted by Crippen LogP contribution is 2.41. The third-order valence-corrected chi connectivity index (χ3v) is 6.81. The predicted octanol–water partition coefficient (Wildman–Crippen LogP) is 10.0. The van der Waals surface area contributed by atoms with Crippen LogP contribution >= 0.6 is 0 Å². The van der Waals surface area contributed by atoms with Crippen LogP contribution < -0.4 is 9.64 Å². The van der Waals surface area contributed by atoms with E-state index in [1.54, 1.807) is 4.90 Å². The minimum Gasteiger partial charge on any atom is -0.409 e. The van der Waals surface area contributed by atoms with Crippen molar-refractivity contribution < 1.29 is 9.53 Å². The molecular formula is C37H27NO2. The van der Waals surface area contributed by atoms with Gasteiger partial charge >= 0.3 is 6.09 Å². The summed E-state index contributed by atoms with van der Waals surface area (Å²) in [5, 5.41) is 0. The molecule has 0 aromatic heterocycles. The summed E-state index contributed by atoms with van der Waals surface area (Å²) in [7, 11) is 0. The third-order valence-electron chi connectivity index (χ3n) is 6.81. The maximum absolute atomic E-state index is 14.4. The molecule has 0 radical (unpaired) electrons. The Morgan fingerprint density at radius 2 is 0.750 bits per heavy atom. The Hall–Kier alpha value is -5.41. The van der Waals surface area contributed by atoms with Crippen molar-refractivity contribution in [3.8, 4) is 39.1 Å². The number of ether oxygens (including phenoxy) is 1. The summed E-state index contributed by atoms with van der Waals surface area (Å²) in [6.07, 6.45) is -0.491. The molecule has 0 spiro atoms. The van der Waals surface area contributed by atoms with Gasteiger partial charge in [0.1, 0.15) is 5.75 Å². The van der Waals surface area contributed by atoms with Crippen molar-refractivity contribution >= 4 is 17.5 Å². The van der Waals surface area contributed by atoms with Gasteiger partial charge in [-0.2, -0.15) is 0 Å². The monoisotopic (exact) mass is 517 g/mol. The van der Waals surface area contributed by atoms with Gasteiger partial charge in [0, 0.05) is 16.7 Å². The molecular weight excluding hydrogens is 490 g/mol. The van der Waals surface area contributed by atoms with E-state index in [-0.39, 0.29) is 0 Å². The van der Waals surface area contributed by atoms with Crippen LogP contribution in [0.3, 0.4) is 0 Å². The van der Waals surface area contributed by atoms with Gasteiger partial charge in [0.25, 0.3) is 0 Å². The molecule has 0 aliphatic rings. The van der Waals surface area contributed by atoms with E-state index in [0.717, 1.165) is 44.8 Å². The number of hydrogen-bond donors (Lipinski definition) is 0. The number of carbonyl (C=O) groups is 1. The Labute approximate surface area is 234 Å². The molecule has 0 aliphatic heterocycles. The van der Waals surface area contributed by atoms with E-state index in [2.05, 4.69) is 24.3 Å². The molecule has 0 saturated heterocycles. The number of nitrogens with zero attached hydrogens (tertiary/aromatic N) is 1. The van der Waals surface area contributed by atoms with Crippen molar-refractivity contribution in [2.75, 3.05) is 4.90 Å². The van der Waals surface area contributed by atoms with Crippen molar-refractivity contribution in [2.24, 2.45) is 0 Å². The van der Waals surface area contributed by atoms with Crippen LogP contribution in [0.25, 0.3) is 33.4 Å². The maximum Gasteiger partial charge on any atom is 0.424 e. The highest BCUT2D eigenvalue weighted by atomic mass is 16.6. The number of benzene rings is 6. The number of hydrogen-bond acceptors (Lipinski definition) is 2. The predicted molar refractivity (Wildman–Crippen MR) is 164 cm³/mol. The molecule has 0 saturated carbocycles. The first-order chi connectivity index (χ1) is 19.8. The molecule has 40 heavy (non-hydrogen) atoms. The summed E-state index contributed by atoms with van der Waals surface area (Å²) in [5.41, 5.74) is 7.18. The second-order valence-corrected chi connectivity index (χ2v) is 9.33. The highest BCUT2D eigenvalue weighted by Gasteiger charge is 2.26. The third kappa shape index (κ3) is 5.13. The molecule has 6 rings (SSSR count). The van der Waals surface area contributed by atoms with Crippen molar-refractivity contribution in [1.29, 1.82) is 0 Å². The number of amides is 1. The summed E-state index contributed by atoms with van der Waals surface area (Å²) >= 11 is 0. The Balaban J connectivity index is 1.51. The summed E-state index contributed by atoms with van der Waals surface area (Å²) in [6.45, 7) is 0. The lowest BCUT2D eigenvalue weighted by atomic mass is 10.00. The van der Waals surface area contributed by atoms with E-state index in [9.17, 15) is 4.79 Å². The van der Waals surface area contributed by atoms with Gasteiger partial charge in [-0.05, 0) is 34.9 Å². The van der Waals surface area contributed by atoms with Crippen LogP contribution in [0, 0.1) is 0 Å². The molecule has 0 heterocycles. The van der Waals surface area contributed by atoms with E-state index in [1.165, 1.54) is 0 Å². The lowest BCUT2D eigenvalue weighted by Gasteiger charge is -2.27. The fraction of sp³-hybridized carbons (Fsp3) is 0. The standard InChI is InChI=1S/C37H27NO2/c39-37(40-36-27-15-12-24-33(36)30-20-8-3-9-21-30)38(34-25-13-10-22-31(34)28-16-4-1-5-17-28)35-26-14-11-23-32(35)29-18-6-2-7-19-29/h1-27H. The summed E-state index contributed by atoms with van der Waals surface area (Å²) in [6, 6.07) is 53.7. The van der Waals surface area contributed by atoms with Gasteiger partial charge in [-0.25, -0.2) is 9.69 Å². The zero-order chi connectivity index (χ0) is 27.1. The second kappa shape index (κ2) is 11.5. The smallest absolute Gasteiger partial charge is 0.409 e. The molecule has 3 nitrogen and oxygen atoms in total. The van der Waals surface area contributed by atoms with Crippen LogP contribution in [0.2, 0.25) is 0 Å². The van der Waals surface area contributed by atoms with Gasteiger partial charge in [-0.15, -0.1) is 0 Å². The molecule has 0 atom stereocenters. The van der Waals surface area contributed by atoms with Gasteiger partial charge in [-0.3, -0.25) is 0 Å². The van der Waals surface area contributed by atoms with Crippen LogP contribution in [0.15, 0.2) is 164 Å². The average molecular weight is 518 g/mol. The first-order valence-electron chi connectivity index (χ1n) is 13.2. The summed E-state index contributed by atoms with van der Waals surface area (Å²) in [4.78, 5) is 16.1. The normalized spacial score (nSPS) is 10.6. The largest absolute Gasteiger partial charge is 0.424 e. The summed E-state index contributed by atoms with van der Waals surface area (Å²) < 4.78 is 6.24. The van der Waals surface area contributed by atoms with Crippen molar-refractivity contribution in [2.45, 2.75) is 0 Å². The molecule has 0 N–H and O–H groups in total. The first-order valence-corrected chi connectivity index (χ1v) is 13.2. The quantitative estimate of drug-likeness (QED) is 0.220. The molecule has 6 aromatic carbocycles. The SMILES string of the molecule is O=C(Oc1ccccc1-c1ccccc1)N(c1ccccc1-c1ccccc1)c1ccccc1-c1ccccc1. The minimum absolute atomic E-state index is 0.491. The number of rotatable bonds is 6. The zero-order valence-electron chi connectivity index (χ0n) is 21.9. The van der Waals surface area contributed by atoms with Crippen molar-refractivity contribution in [3.05, 3.63) is 164 Å². The van der Waals surface area contributed by atoms with E-state index < -0.39 is 6.09 Å². The Morgan fingerprint density at radius 1 is 0.400 bits per heavy atom. The number of carbonyl (C=O) groups excluding carboxylic acids is 1. The van der Waals surface area contributed by atoms with Crippen molar-refractivity contribution in [3.63, 3.8) is 0 Å². The highest BCUT2D eigenvalue weighted by molar-refractivity contribution is 6.05. The second-order valence-electron chi connectivity index (χ2n) is 9.33. The van der Waals surface area contributed by atoms with E-state index in [4.69, 9.17) is 4.74 Å². The molecule has 1 amide bonds.